The Labute approximate surface area is 152 Å². The second kappa shape index (κ2) is 6.52. The second-order valence-electron chi connectivity index (χ2n) is 8.02. The molecule has 1 saturated carbocycles. The van der Waals surface area contributed by atoms with Crippen LogP contribution in [0.3, 0.4) is 0 Å². The molecule has 0 bridgehead atoms. The normalized spacial score (nSPS) is 26.4. The molecule has 1 aromatic rings. The molecule has 1 atom stereocenters. The summed E-state index contributed by atoms with van der Waals surface area (Å²) in [5.74, 6) is 1.02. The van der Waals surface area contributed by atoms with Crippen molar-refractivity contribution in [2.24, 2.45) is 5.41 Å². The van der Waals surface area contributed by atoms with E-state index in [1.807, 2.05) is 11.8 Å². The van der Waals surface area contributed by atoms with Gasteiger partial charge < -0.3 is 14.8 Å². The van der Waals surface area contributed by atoms with Gasteiger partial charge in [0.05, 0.1) is 0 Å². The van der Waals surface area contributed by atoms with Gasteiger partial charge in [0.1, 0.15) is 11.4 Å². The third-order valence-corrected chi connectivity index (χ3v) is 6.09. The lowest BCUT2D eigenvalue weighted by Crippen LogP contribution is -2.55. The lowest BCUT2D eigenvalue weighted by Gasteiger charge is -2.48. The standard InChI is InChI=1S/C19H26N4O3/c1-2-22-11-19(8-6-15(22)24)7-3-9-23(12-19)18(26)14-10-20-16(13-4-5-13)21-17(14)25/h10,13H,2-9,11-12H2,1H3,(H,20,21,25). The fourth-order valence-corrected chi connectivity index (χ4v) is 4.40. The van der Waals surface area contributed by atoms with Crippen molar-refractivity contribution in [2.45, 2.75) is 51.4 Å². The van der Waals surface area contributed by atoms with Gasteiger partial charge in [-0.2, -0.15) is 0 Å². The summed E-state index contributed by atoms with van der Waals surface area (Å²) in [6.07, 6.45) is 6.85. The van der Waals surface area contributed by atoms with E-state index >= 15 is 0 Å². The van der Waals surface area contributed by atoms with Crippen molar-refractivity contribution in [3.05, 3.63) is 27.9 Å². The van der Waals surface area contributed by atoms with Crippen LogP contribution in [0.25, 0.3) is 0 Å². The van der Waals surface area contributed by atoms with Crippen molar-refractivity contribution >= 4 is 11.8 Å². The molecule has 2 amide bonds. The Morgan fingerprint density at radius 3 is 2.81 bits per heavy atom. The molecule has 0 aromatic carbocycles. The Morgan fingerprint density at radius 2 is 2.12 bits per heavy atom. The minimum Gasteiger partial charge on any atom is -0.342 e. The van der Waals surface area contributed by atoms with Gasteiger partial charge in [-0.25, -0.2) is 4.98 Å². The third kappa shape index (κ3) is 3.15. The molecule has 3 aliphatic rings. The van der Waals surface area contributed by atoms with E-state index in [1.54, 1.807) is 4.90 Å². The SMILES string of the molecule is CCN1CC2(CCCN(C(=O)c3cnc(C4CC4)[nH]c3=O)C2)CCC1=O. The van der Waals surface area contributed by atoms with E-state index in [-0.39, 0.29) is 28.4 Å². The van der Waals surface area contributed by atoms with Crippen LogP contribution in [0.5, 0.6) is 0 Å². The molecule has 3 heterocycles. The first-order chi connectivity index (χ1) is 12.5. The summed E-state index contributed by atoms with van der Waals surface area (Å²) in [5, 5.41) is 0. The summed E-state index contributed by atoms with van der Waals surface area (Å²) in [7, 11) is 0. The molecular weight excluding hydrogens is 332 g/mol. The average molecular weight is 358 g/mol. The number of rotatable bonds is 3. The largest absolute Gasteiger partial charge is 0.342 e. The molecular formula is C19H26N4O3. The Kier molecular flexibility index (Phi) is 4.32. The highest BCUT2D eigenvalue weighted by atomic mass is 16.2. The molecule has 140 valence electrons. The third-order valence-electron chi connectivity index (χ3n) is 6.09. The van der Waals surface area contributed by atoms with Crippen molar-refractivity contribution in [1.82, 2.24) is 19.8 Å². The molecule has 1 aliphatic carbocycles. The number of amides is 2. The van der Waals surface area contributed by atoms with Crippen LogP contribution in [-0.4, -0.2) is 57.8 Å². The van der Waals surface area contributed by atoms with Gasteiger partial charge in [-0.15, -0.1) is 0 Å². The van der Waals surface area contributed by atoms with Gasteiger partial charge in [-0.05, 0) is 39.0 Å². The van der Waals surface area contributed by atoms with E-state index in [0.29, 0.717) is 44.3 Å². The minimum atomic E-state index is -0.333. The fraction of sp³-hybridized carbons (Fsp3) is 0.684. The summed E-state index contributed by atoms with van der Waals surface area (Å²) >= 11 is 0. The van der Waals surface area contributed by atoms with Crippen LogP contribution in [0.15, 0.2) is 11.0 Å². The van der Waals surface area contributed by atoms with Crippen molar-refractivity contribution < 1.29 is 9.59 Å². The van der Waals surface area contributed by atoms with E-state index in [2.05, 4.69) is 9.97 Å². The van der Waals surface area contributed by atoms with Crippen molar-refractivity contribution in [3.8, 4) is 0 Å². The summed E-state index contributed by atoms with van der Waals surface area (Å²) in [6, 6.07) is 0. The van der Waals surface area contributed by atoms with Crippen molar-refractivity contribution in [1.29, 1.82) is 0 Å². The number of likely N-dealkylation sites (tertiary alicyclic amines) is 2. The first kappa shape index (κ1) is 17.2. The number of H-pyrrole nitrogens is 1. The van der Waals surface area contributed by atoms with E-state index in [1.165, 1.54) is 6.20 Å². The number of nitrogens with zero attached hydrogens (tertiary/aromatic N) is 3. The predicted octanol–water partition coefficient (Wildman–Crippen LogP) is 1.51. The van der Waals surface area contributed by atoms with Gasteiger partial charge in [0, 0.05) is 50.1 Å². The molecule has 2 aliphatic heterocycles. The number of hydrogen-bond donors (Lipinski definition) is 1. The van der Waals surface area contributed by atoms with E-state index in [4.69, 9.17) is 0 Å². The van der Waals surface area contributed by atoms with Crippen LogP contribution in [0.2, 0.25) is 0 Å². The maximum absolute atomic E-state index is 12.9. The maximum Gasteiger partial charge on any atom is 0.263 e. The predicted molar refractivity (Wildman–Crippen MR) is 95.9 cm³/mol. The number of nitrogens with one attached hydrogen (secondary N) is 1. The number of carbonyl (C=O) groups is 2. The zero-order valence-electron chi connectivity index (χ0n) is 15.3. The number of aromatic amines is 1. The van der Waals surface area contributed by atoms with Crippen molar-refractivity contribution in [3.63, 3.8) is 0 Å². The molecule has 1 aromatic heterocycles. The van der Waals surface area contributed by atoms with E-state index in [0.717, 1.165) is 32.1 Å². The number of hydrogen-bond acceptors (Lipinski definition) is 4. The first-order valence-electron chi connectivity index (χ1n) is 9.68. The smallest absolute Gasteiger partial charge is 0.263 e. The second-order valence-corrected chi connectivity index (χ2v) is 8.02. The molecule has 1 N–H and O–H groups in total. The van der Waals surface area contributed by atoms with Crippen LogP contribution in [-0.2, 0) is 4.79 Å². The van der Waals surface area contributed by atoms with Gasteiger partial charge in [-0.3, -0.25) is 14.4 Å². The highest BCUT2D eigenvalue weighted by Gasteiger charge is 2.42. The zero-order valence-corrected chi connectivity index (χ0v) is 15.3. The molecule has 1 spiro atoms. The molecule has 26 heavy (non-hydrogen) atoms. The van der Waals surface area contributed by atoms with Crippen LogP contribution < -0.4 is 5.56 Å². The van der Waals surface area contributed by atoms with Gasteiger partial charge in [-0.1, -0.05) is 0 Å². The van der Waals surface area contributed by atoms with Gasteiger partial charge in [0.15, 0.2) is 0 Å². The van der Waals surface area contributed by atoms with Crippen LogP contribution in [0.4, 0.5) is 0 Å². The Hall–Kier alpha value is -2.18. The molecule has 3 fully saturated rings. The number of carbonyl (C=O) groups excluding carboxylic acids is 2. The Balaban J connectivity index is 1.51. The lowest BCUT2D eigenvalue weighted by molar-refractivity contribution is -0.138. The molecule has 2 saturated heterocycles. The highest BCUT2D eigenvalue weighted by Crippen LogP contribution is 2.39. The molecule has 0 radical (unpaired) electrons. The quantitative estimate of drug-likeness (QED) is 0.887. The average Bonchev–Trinajstić information content (AvgIpc) is 3.49. The fourth-order valence-electron chi connectivity index (χ4n) is 4.40. The summed E-state index contributed by atoms with van der Waals surface area (Å²) in [6.45, 7) is 4.68. The minimum absolute atomic E-state index is 0.0357. The Morgan fingerprint density at radius 1 is 1.31 bits per heavy atom. The molecule has 1 unspecified atom stereocenters. The van der Waals surface area contributed by atoms with E-state index < -0.39 is 0 Å². The Bertz CT molecular complexity index is 785. The monoisotopic (exact) mass is 358 g/mol. The molecule has 7 heteroatoms. The van der Waals surface area contributed by atoms with Gasteiger partial charge in [0.25, 0.3) is 11.5 Å². The summed E-state index contributed by atoms with van der Waals surface area (Å²) in [4.78, 5) is 48.1. The van der Waals surface area contributed by atoms with Crippen LogP contribution in [0, 0.1) is 5.41 Å². The molecule has 7 nitrogen and oxygen atoms in total. The van der Waals surface area contributed by atoms with Crippen LogP contribution >= 0.6 is 0 Å². The van der Waals surface area contributed by atoms with E-state index in [9.17, 15) is 14.4 Å². The molecule has 4 rings (SSSR count). The lowest BCUT2D eigenvalue weighted by atomic mass is 9.73. The zero-order chi connectivity index (χ0) is 18.3. The van der Waals surface area contributed by atoms with Gasteiger partial charge >= 0.3 is 0 Å². The first-order valence-corrected chi connectivity index (χ1v) is 9.68. The van der Waals surface area contributed by atoms with Crippen molar-refractivity contribution in [2.75, 3.05) is 26.2 Å². The number of aromatic nitrogens is 2. The number of piperidine rings is 2. The van der Waals surface area contributed by atoms with Crippen LogP contribution in [0.1, 0.15) is 67.5 Å². The van der Waals surface area contributed by atoms with Gasteiger partial charge in [0.2, 0.25) is 5.91 Å². The summed E-state index contributed by atoms with van der Waals surface area (Å²) < 4.78 is 0. The topological polar surface area (TPSA) is 86.4 Å². The highest BCUT2D eigenvalue weighted by molar-refractivity contribution is 5.93. The summed E-state index contributed by atoms with van der Waals surface area (Å²) in [5.41, 5.74) is -0.238. The maximum atomic E-state index is 12.9.